The maximum atomic E-state index is 14.1. The van der Waals surface area contributed by atoms with Crippen LogP contribution < -0.4 is 4.74 Å². The van der Waals surface area contributed by atoms with Crippen LogP contribution in [0.25, 0.3) is 33.2 Å². The van der Waals surface area contributed by atoms with Crippen molar-refractivity contribution in [3.8, 4) is 28.0 Å². The predicted molar refractivity (Wildman–Crippen MR) is 135 cm³/mol. The van der Waals surface area contributed by atoms with E-state index in [9.17, 15) is 4.79 Å². The molecule has 7 heteroatoms. The molecule has 1 saturated carbocycles. The summed E-state index contributed by atoms with van der Waals surface area (Å²) in [7, 11) is 1.65. The van der Waals surface area contributed by atoms with Gasteiger partial charge in [-0.25, -0.2) is 0 Å². The van der Waals surface area contributed by atoms with Gasteiger partial charge in [0, 0.05) is 40.5 Å². The smallest absolute Gasteiger partial charge is 0.271 e. The minimum atomic E-state index is -0.0166. The van der Waals surface area contributed by atoms with Gasteiger partial charge in [0.15, 0.2) is 0 Å². The van der Waals surface area contributed by atoms with Gasteiger partial charge in [-0.2, -0.15) is 5.10 Å². The zero-order chi connectivity index (χ0) is 23.8. The monoisotopic (exact) mass is 463 g/mol. The Labute approximate surface area is 202 Å². The number of hydrogen-bond acceptors (Lipinski definition) is 4. The molecule has 0 unspecified atom stereocenters. The second-order valence-electron chi connectivity index (χ2n) is 8.84. The number of carbonyl (C=O) groups is 1. The van der Waals surface area contributed by atoms with E-state index in [1.807, 2.05) is 53.6 Å². The van der Waals surface area contributed by atoms with Crippen LogP contribution in [0, 0.1) is 0 Å². The van der Waals surface area contributed by atoms with Crippen LogP contribution in [0.2, 0.25) is 0 Å². The third kappa shape index (κ3) is 4.05. The van der Waals surface area contributed by atoms with Crippen LogP contribution in [-0.2, 0) is 6.54 Å². The third-order valence-electron chi connectivity index (χ3n) is 6.51. The van der Waals surface area contributed by atoms with Crippen LogP contribution >= 0.6 is 0 Å². The van der Waals surface area contributed by atoms with Crippen molar-refractivity contribution in [2.45, 2.75) is 25.4 Å². The first-order valence-electron chi connectivity index (χ1n) is 11.7. The fourth-order valence-electron chi connectivity index (χ4n) is 4.59. The van der Waals surface area contributed by atoms with Crippen LogP contribution in [0.5, 0.6) is 5.75 Å². The first kappa shape index (κ1) is 21.2. The number of pyridine rings is 1. The molecule has 35 heavy (non-hydrogen) atoms. The molecule has 6 rings (SSSR count). The van der Waals surface area contributed by atoms with Gasteiger partial charge >= 0.3 is 0 Å². The van der Waals surface area contributed by atoms with E-state index < -0.39 is 0 Å². The molecule has 1 aliphatic rings. The van der Waals surface area contributed by atoms with E-state index in [4.69, 9.17) is 4.74 Å². The summed E-state index contributed by atoms with van der Waals surface area (Å²) < 4.78 is 5.48. The van der Waals surface area contributed by atoms with Crippen LogP contribution in [0.3, 0.4) is 0 Å². The van der Waals surface area contributed by atoms with Crippen molar-refractivity contribution in [2.24, 2.45) is 0 Å². The summed E-state index contributed by atoms with van der Waals surface area (Å²) in [5.41, 5.74) is 6.20. The molecule has 1 amide bonds. The quantitative estimate of drug-likeness (QED) is 0.337. The molecule has 2 aromatic carbocycles. The van der Waals surface area contributed by atoms with Gasteiger partial charge in [0.05, 0.1) is 25.5 Å². The summed E-state index contributed by atoms with van der Waals surface area (Å²) in [6.07, 6.45) is 7.45. The zero-order valence-corrected chi connectivity index (χ0v) is 19.4. The first-order chi connectivity index (χ1) is 17.2. The molecule has 1 fully saturated rings. The number of H-pyrrole nitrogens is 2. The largest absolute Gasteiger partial charge is 0.497 e. The van der Waals surface area contributed by atoms with E-state index >= 15 is 0 Å². The lowest BCUT2D eigenvalue weighted by atomic mass is 9.99. The molecular weight excluding hydrogens is 438 g/mol. The summed E-state index contributed by atoms with van der Waals surface area (Å²) in [5, 5.41) is 7.92. The molecule has 0 aliphatic heterocycles. The van der Waals surface area contributed by atoms with Gasteiger partial charge in [0.25, 0.3) is 5.91 Å². The predicted octanol–water partition coefficient (Wildman–Crippen LogP) is 5.43. The van der Waals surface area contributed by atoms with Crippen molar-refractivity contribution >= 4 is 16.8 Å². The normalized spacial score (nSPS) is 13.2. The SMILES string of the molecule is COc1cccc(-c2c(C(=O)N(Cc3ccccn3)C3CC3)[nH]c3cc(-c4cn[nH]c4)ccc23)c1. The molecule has 3 aromatic heterocycles. The molecule has 0 spiro atoms. The number of nitrogens with zero attached hydrogens (tertiary/aromatic N) is 3. The number of aromatic amines is 2. The Morgan fingerprint density at radius 2 is 1.97 bits per heavy atom. The molecule has 174 valence electrons. The Bertz CT molecular complexity index is 1490. The number of carbonyl (C=O) groups excluding carboxylic acids is 1. The van der Waals surface area contributed by atoms with E-state index in [1.165, 1.54) is 0 Å². The summed E-state index contributed by atoms with van der Waals surface area (Å²) in [6, 6.07) is 20.1. The van der Waals surface area contributed by atoms with E-state index in [-0.39, 0.29) is 11.9 Å². The molecule has 0 saturated heterocycles. The first-order valence-corrected chi connectivity index (χ1v) is 11.7. The highest BCUT2D eigenvalue weighted by molar-refractivity contribution is 6.10. The van der Waals surface area contributed by atoms with Crippen molar-refractivity contribution < 1.29 is 9.53 Å². The number of aromatic nitrogens is 4. The highest BCUT2D eigenvalue weighted by Gasteiger charge is 2.35. The second-order valence-corrected chi connectivity index (χ2v) is 8.84. The van der Waals surface area contributed by atoms with Crippen molar-refractivity contribution in [1.29, 1.82) is 0 Å². The van der Waals surface area contributed by atoms with E-state index in [2.05, 4.69) is 38.4 Å². The van der Waals surface area contributed by atoms with E-state index in [0.717, 1.165) is 57.4 Å². The second kappa shape index (κ2) is 8.76. The lowest BCUT2D eigenvalue weighted by Crippen LogP contribution is -2.33. The molecule has 7 nitrogen and oxygen atoms in total. The number of benzene rings is 2. The van der Waals surface area contributed by atoms with Gasteiger partial charge in [-0.3, -0.25) is 14.9 Å². The molecule has 0 atom stereocenters. The summed E-state index contributed by atoms with van der Waals surface area (Å²) in [4.78, 5) is 24.0. The van der Waals surface area contributed by atoms with Crippen LogP contribution in [0.15, 0.2) is 79.3 Å². The van der Waals surface area contributed by atoms with Crippen molar-refractivity contribution in [3.63, 3.8) is 0 Å². The van der Waals surface area contributed by atoms with Crippen LogP contribution in [-0.4, -0.2) is 44.1 Å². The fourth-order valence-corrected chi connectivity index (χ4v) is 4.59. The van der Waals surface area contributed by atoms with Crippen LogP contribution in [0.4, 0.5) is 0 Å². The zero-order valence-electron chi connectivity index (χ0n) is 19.4. The summed E-state index contributed by atoms with van der Waals surface area (Å²) in [5.74, 6) is 0.731. The standard InChI is InChI=1S/C28H25N5O2/c1-35-23-7-4-5-19(13-23)26-24-11-8-18(20-15-30-31-16-20)14-25(24)32-27(26)28(34)33(22-9-10-22)17-21-6-2-3-12-29-21/h2-8,11-16,22,32H,9-10,17H2,1H3,(H,30,31). The Kier molecular flexibility index (Phi) is 5.29. The van der Waals surface area contributed by atoms with Crippen molar-refractivity contribution in [1.82, 2.24) is 25.1 Å². The Balaban J connectivity index is 1.49. The summed E-state index contributed by atoms with van der Waals surface area (Å²) >= 11 is 0. The van der Waals surface area contributed by atoms with Gasteiger partial charge in [-0.1, -0.05) is 30.3 Å². The van der Waals surface area contributed by atoms with Gasteiger partial charge in [0.1, 0.15) is 11.4 Å². The lowest BCUT2D eigenvalue weighted by molar-refractivity contribution is 0.0723. The van der Waals surface area contributed by atoms with Crippen molar-refractivity contribution in [3.05, 3.63) is 90.6 Å². The van der Waals surface area contributed by atoms with Crippen LogP contribution in [0.1, 0.15) is 29.0 Å². The lowest BCUT2D eigenvalue weighted by Gasteiger charge is -2.22. The third-order valence-corrected chi connectivity index (χ3v) is 6.51. The Hall–Kier alpha value is -4.39. The fraction of sp³-hybridized carbons (Fsp3) is 0.179. The number of nitrogens with one attached hydrogen (secondary N) is 2. The maximum absolute atomic E-state index is 14.1. The molecule has 0 bridgehead atoms. The highest BCUT2D eigenvalue weighted by Crippen LogP contribution is 2.38. The number of methoxy groups -OCH3 is 1. The van der Waals surface area contributed by atoms with Gasteiger partial charge in [0.2, 0.25) is 0 Å². The Morgan fingerprint density at radius 3 is 2.71 bits per heavy atom. The van der Waals surface area contributed by atoms with E-state index in [1.54, 1.807) is 19.5 Å². The number of hydrogen-bond donors (Lipinski definition) is 2. The molecule has 1 aliphatic carbocycles. The van der Waals surface area contributed by atoms with Gasteiger partial charge in [-0.15, -0.1) is 0 Å². The number of amides is 1. The minimum absolute atomic E-state index is 0.0166. The average Bonchev–Trinajstić information content (AvgIpc) is 3.45. The van der Waals surface area contributed by atoms with Gasteiger partial charge < -0.3 is 14.6 Å². The Morgan fingerprint density at radius 1 is 1.06 bits per heavy atom. The average molecular weight is 464 g/mol. The minimum Gasteiger partial charge on any atom is -0.497 e. The van der Waals surface area contributed by atoms with E-state index in [0.29, 0.717) is 12.2 Å². The number of fused-ring (bicyclic) bond motifs is 1. The summed E-state index contributed by atoms with van der Waals surface area (Å²) in [6.45, 7) is 0.484. The molecular formula is C28H25N5O2. The highest BCUT2D eigenvalue weighted by atomic mass is 16.5. The van der Waals surface area contributed by atoms with Gasteiger partial charge in [-0.05, 0) is 54.3 Å². The molecule has 0 radical (unpaired) electrons. The van der Waals surface area contributed by atoms with Crippen molar-refractivity contribution in [2.75, 3.05) is 7.11 Å². The maximum Gasteiger partial charge on any atom is 0.271 e. The molecule has 2 N–H and O–H groups in total. The number of rotatable bonds is 7. The molecule has 3 heterocycles. The molecule has 5 aromatic rings. The topological polar surface area (TPSA) is 86.9 Å². The number of ether oxygens (including phenoxy) is 1.